The van der Waals surface area contributed by atoms with Crippen LogP contribution in [0.25, 0.3) is 0 Å². The summed E-state index contributed by atoms with van der Waals surface area (Å²) in [6, 6.07) is 5.49. The highest BCUT2D eigenvalue weighted by Gasteiger charge is 2.45. The number of halogens is 3. The molecule has 0 N–H and O–H groups in total. The highest BCUT2D eigenvalue weighted by molar-refractivity contribution is 6.16. The van der Waals surface area contributed by atoms with Crippen LogP contribution in [0.4, 0.5) is 13.2 Å². The van der Waals surface area contributed by atoms with Crippen LogP contribution >= 0.6 is 0 Å². The van der Waals surface area contributed by atoms with E-state index in [1.54, 1.807) is 25.4 Å². The van der Waals surface area contributed by atoms with Crippen molar-refractivity contribution >= 4 is 11.6 Å². The summed E-state index contributed by atoms with van der Waals surface area (Å²) < 4.78 is 44.5. The molecule has 2 aromatic rings. The van der Waals surface area contributed by atoms with Gasteiger partial charge in [0.1, 0.15) is 11.8 Å². The predicted molar refractivity (Wildman–Crippen MR) is 122 cm³/mol. The summed E-state index contributed by atoms with van der Waals surface area (Å²) in [7, 11) is 1.68. The Morgan fingerprint density at radius 1 is 1.24 bits per heavy atom. The van der Waals surface area contributed by atoms with E-state index in [2.05, 4.69) is 15.0 Å². The Labute approximate surface area is 196 Å². The van der Waals surface area contributed by atoms with Gasteiger partial charge in [-0.25, -0.2) is 4.98 Å². The van der Waals surface area contributed by atoms with Crippen molar-refractivity contribution in [1.29, 1.82) is 0 Å². The largest absolute Gasteiger partial charge is 0.472 e. The van der Waals surface area contributed by atoms with Gasteiger partial charge in [0.15, 0.2) is 0 Å². The number of rotatable bonds is 5. The molecule has 6 nitrogen and oxygen atoms in total. The maximum absolute atomic E-state index is 13.7. The zero-order valence-electron chi connectivity index (χ0n) is 19.3. The first-order chi connectivity index (χ1) is 16.2. The number of allylic oxidation sites excluding steroid dienone is 2. The molecule has 3 unspecified atom stereocenters. The average molecular weight is 473 g/mol. The van der Waals surface area contributed by atoms with Crippen molar-refractivity contribution in [2.75, 3.05) is 13.6 Å². The fourth-order valence-electron chi connectivity index (χ4n) is 4.79. The molecular weight excluding hydrogens is 445 g/mol. The van der Waals surface area contributed by atoms with Crippen molar-refractivity contribution in [3.8, 4) is 5.88 Å². The minimum Gasteiger partial charge on any atom is -0.472 e. The Balaban J connectivity index is 1.58. The lowest BCUT2D eigenvalue weighted by Gasteiger charge is -2.49. The Kier molecular flexibility index (Phi) is 6.72. The number of alkyl halides is 3. The first-order valence-corrected chi connectivity index (χ1v) is 11.3. The van der Waals surface area contributed by atoms with Crippen LogP contribution in [0.3, 0.4) is 0 Å². The second kappa shape index (κ2) is 9.56. The Morgan fingerprint density at radius 2 is 2.03 bits per heavy atom. The molecule has 2 aromatic heterocycles. The summed E-state index contributed by atoms with van der Waals surface area (Å²) in [5.41, 5.74) is 1.77. The molecule has 4 heterocycles. The third-order valence-electron chi connectivity index (χ3n) is 6.61. The first kappa shape index (κ1) is 23.9. The van der Waals surface area contributed by atoms with Gasteiger partial charge in [-0.15, -0.1) is 0 Å². The van der Waals surface area contributed by atoms with Crippen molar-refractivity contribution in [2.45, 2.75) is 51.4 Å². The van der Waals surface area contributed by atoms with Gasteiger partial charge in [0, 0.05) is 32.1 Å². The molecule has 180 valence electrons. The molecule has 0 radical (unpaired) electrons. The maximum atomic E-state index is 13.7. The van der Waals surface area contributed by atoms with Crippen LogP contribution in [0.2, 0.25) is 0 Å². The first-order valence-electron chi connectivity index (χ1n) is 11.3. The minimum atomic E-state index is -4.45. The quantitative estimate of drug-likeness (QED) is 0.578. The molecule has 3 aliphatic rings. The summed E-state index contributed by atoms with van der Waals surface area (Å²) in [5.74, 6) is 0.241. The molecule has 34 heavy (non-hydrogen) atoms. The lowest BCUT2D eigenvalue weighted by molar-refractivity contribution is -0.137. The molecule has 5 rings (SSSR count). The van der Waals surface area contributed by atoms with Gasteiger partial charge in [0.25, 0.3) is 5.91 Å². The number of carbonyl (C=O) groups excluding carboxylic acids is 1. The molecule has 0 aromatic carbocycles. The van der Waals surface area contributed by atoms with Crippen LogP contribution in [0.5, 0.6) is 5.88 Å². The van der Waals surface area contributed by atoms with Gasteiger partial charge in [-0.05, 0) is 62.8 Å². The minimum absolute atomic E-state index is 0.129. The monoisotopic (exact) mass is 472 g/mol. The van der Waals surface area contributed by atoms with E-state index in [4.69, 9.17) is 4.74 Å². The van der Waals surface area contributed by atoms with Crippen LogP contribution in [0, 0.1) is 5.92 Å². The topological polar surface area (TPSA) is 67.7 Å². The van der Waals surface area contributed by atoms with Crippen LogP contribution in [0.15, 0.2) is 53.3 Å². The van der Waals surface area contributed by atoms with Crippen molar-refractivity contribution in [3.05, 3.63) is 65.1 Å². The Bertz CT molecular complexity index is 1110. The van der Waals surface area contributed by atoms with E-state index in [1.165, 1.54) is 6.07 Å². The second-order valence-corrected chi connectivity index (χ2v) is 8.69. The summed E-state index contributed by atoms with van der Waals surface area (Å²) >= 11 is 0. The van der Waals surface area contributed by atoms with Gasteiger partial charge in [-0.3, -0.25) is 14.8 Å². The van der Waals surface area contributed by atoms with E-state index in [0.717, 1.165) is 37.1 Å². The molecule has 1 aliphatic carbocycles. The maximum Gasteiger partial charge on any atom is 0.417 e. The van der Waals surface area contributed by atoms with Crippen LogP contribution in [-0.4, -0.2) is 52.2 Å². The van der Waals surface area contributed by atoms with Gasteiger partial charge >= 0.3 is 6.18 Å². The van der Waals surface area contributed by atoms with Gasteiger partial charge in [-0.2, -0.15) is 13.2 Å². The Hall–Kier alpha value is -3.23. The standard InChI is InChI=1S/C25H27F3N4O2/c1-4-15(2)22(29-3)23-18(6-5-11-30-23)24(33)32-14-16-7-9-19(32)20(12-16)34-21-10-8-17(13-31-21)25(26,27)28/h4-6,8,10-11,13,16,19-20H,7,9,12,14H2,1-3H3/b15-4-,29-22+. The normalized spacial score (nSPS) is 23.2. The van der Waals surface area contributed by atoms with Gasteiger partial charge < -0.3 is 9.64 Å². The number of pyridine rings is 2. The molecule has 3 fully saturated rings. The summed E-state index contributed by atoms with van der Waals surface area (Å²) in [5, 5.41) is 0. The lowest BCUT2D eigenvalue weighted by Crippen LogP contribution is -2.59. The summed E-state index contributed by atoms with van der Waals surface area (Å²) in [4.78, 5) is 28.2. The van der Waals surface area contributed by atoms with Gasteiger partial charge in [0.05, 0.1) is 22.9 Å². The zero-order valence-corrected chi connectivity index (χ0v) is 19.3. The second-order valence-electron chi connectivity index (χ2n) is 8.69. The number of ether oxygens (including phenoxy) is 1. The summed E-state index contributed by atoms with van der Waals surface area (Å²) in [6.45, 7) is 4.44. The number of amides is 1. The van der Waals surface area contributed by atoms with Crippen molar-refractivity contribution < 1.29 is 22.7 Å². The smallest absolute Gasteiger partial charge is 0.417 e. The number of hydrogen-bond acceptors (Lipinski definition) is 5. The van der Waals surface area contributed by atoms with E-state index in [1.807, 2.05) is 24.8 Å². The fraction of sp³-hybridized carbons (Fsp3) is 0.440. The van der Waals surface area contributed by atoms with Crippen LogP contribution in [0.1, 0.15) is 54.7 Å². The molecule has 9 heteroatoms. The molecule has 2 saturated heterocycles. The number of nitrogens with zero attached hydrogens (tertiary/aromatic N) is 4. The molecule has 1 saturated carbocycles. The third-order valence-corrected chi connectivity index (χ3v) is 6.61. The number of aliphatic imine (C=N–C) groups is 1. The lowest BCUT2D eigenvalue weighted by atomic mass is 9.77. The van der Waals surface area contributed by atoms with E-state index in [-0.39, 0.29) is 29.9 Å². The number of piperidine rings is 2. The third kappa shape index (κ3) is 4.69. The van der Waals surface area contributed by atoms with E-state index in [9.17, 15) is 18.0 Å². The highest BCUT2D eigenvalue weighted by Crippen LogP contribution is 2.38. The van der Waals surface area contributed by atoms with Crippen molar-refractivity contribution in [2.24, 2.45) is 10.9 Å². The number of hydrogen-bond donors (Lipinski definition) is 0. The fourth-order valence-corrected chi connectivity index (χ4v) is 4.79. The Morgan fingerprint density at radius 3 is 2.65 bits per heavy atom. The van der Waals surface area contributed by atoms with Crippen LogP contribution < -0.4 is 4.74 Å². The highest BCUT2D eigenvalue weighted by atomic mass is 19.4. The average Bonchev–Trinajstić information content (AvgIpc) is 2.84. The number of carbonyl (C=O) groups is 1. The van der Waals surface area contributed by atoms with Gasteiger partial charge in [0.2, 0.25) is 5.88 Å². The molecule has 1 amide bonds. The van der Waals surface area contributed by atoms with Gasteiger partial charge in [-0.1, -0.05) is 6.08 Å². The number of fused-ring (bicyclic) bond motifs is 3. The molecular formula is C25H27F3N4O2. The van der Waals surface area contributed by atoms with Crippen molar-refractivity contribution in [3.63, 3.8) is 0 Å². The number of aromatic nitrogens is 2. The molecule has 3 atom stereocenters. The molecule has 2 aliphatic heterocycles. The van der Waals surface area contributed by atoms with E-state index >= 15 is 0 Å². The molecule has 2 bridgehead atoms. The predicted octanol–water partition coefficient (Wildman–Crippen LogP) is 4.95. The van der Waals surface area contributed by atoms with Crippen LogP contribution in [-0.2, 0) is 6.18 Å². The van der Waals surface area contributed by atoms with E-state index < -0.39 is 11.7 Å². The zero-order chi connectivity index (χ0) is 24.5. The molecule has 0 spiro atoms. The van der Waals surface area contributed by atoms with E-state index in [0.29, 0.717) is 23.5 Å². The SMILES string of the molecule is C/C=C(C)\C(=N/C)c1ncccc1C(=O)N1CC2CCC1C(Oc1ccc(C(F)(F)F)cn1)C2. The summed E-state index contributed by atoms with van der Waals surface area (Å²) in [6.07, 6.45) is 2.03. The van der Waals surface area contributed by atoms with Crippen molar-refractivity contribution in [1.82, 2.24) is 14.9 Å².